The Hall–Kier alpha value is -4.00. The second-order valence-corrected chi connectivity index (χ2v) is 7.74. The van der Waals surface area contributed by atoms with E-state index in [4.69, 9.17) is 0 Å². The topological polar surface area (TPSA) is 3.24 Å². The summed E-state index contributed by atoms with van der Waals surface area (Å²) in [6.45, 7) is 0. The van der Waals surface area contributed by atoms with E-state index in [0.717, 1.165) is 35.4 Å². The molecule has 0 bridgehead atoms. The van der Waals surface area contributed by atoms with Gasteiger partial charge in [-0.1, -0.05) is 72.8 Å². The lowest BCUT2D eigenvalue weighted by molar-refractivity contribution is -0.138. The van der Waals surface area contributed by atoms with Gasteiger partial charge in [0.1, 0.15) is 0 Å². The highest BCUT2D eigenvalue weighted by molar-refractivity contribution is 5.84. The van der Waals surface area contributed by atoms with E-state index in [-0.39, 0.29) is 11.4 Å². The minimum Gasteiger partial charge on any atom is -0.317 e. The molecule has 0 aliphatic carbocycles. The molecule has 0 atom stereocenters. The largest absolute Gasteiger partial charge is 0.416 e. The second kappa shape index (κ2) is 9.70. The number of benzene rings is 4. The second-order valence-electron chi connectivity index (χ2n) is 7.74. The summed E-state index contributed by atoms with van der Waals surface area (Å²) in [6, 6.07) is 27.2. The van der Waals surface area contributed by atoms with E-state index in [1.54, 1.807) is 6.20 Å². The van der Waals surface area contributed by atoms with Crippen molar-refractivity contribution < 1.29 is 26.3 Å². The maximum atomic E-state index is 13.5. The van der Waals surface area contributed by atoms with Gasteiger partial charge in [-0.15, -0.1) is 0 Å². The molecule has 0 amide bonds. The Kier molecular flexibility index (Phi) is 6.69. The zero-order valence-electron chi connectivity index (χ0n) is 18.2. The van der Waals surface area contributed by atoms with Crippen LogP contribution in [0.1, 0.15) is 22.3 Å². The minimum absolute atomic E-state index is 0.0727. The SMILES string of the molecule is FC(F)(F)c1cccc(N(C=C(c2ccccc2)c2ccccc2)c2cccc(C(F)(F)F)c2)c1. The Balaban J connectivity index is 1.96. The number of anilines is 2. The van der Waals surface area contributed by atoms with Crippen LogP contribution in [0.2, 0.25) is 0 Å². The maximum Gasteiger partial charge on any atom is 0.416 e. The van der Waals surface area contributed by atoms with Crippen molar-refractivity contribution >= 4 is 16.9 Å². The summed E-state index contributed by atoms with van der Waals surface area (Å²) in [7, 11) is 0. The molecule has 0 saturated carbocycles. The van der Waals surface area contributed by atoms with Crippen LogP contribution >= 0.6 is 0 Å². The highest BCUT2D eigenvalue weighted by atomic mass is 19.4. The lowest BCUT2D eigenvalue weighted by atomic mass is 9.98. The number of rotatable bonds is 5. The van der Waals surface area contributed by atoms with Crippen LogP contribution in [-0.2, 0) is 12.4 Å². The Bertz CT molecular complexity index is 1210. The summed E-state index contributed by atoms with van der Waals surface area (Å²) < 4.78 is 80.8. The molecule has 0 aliphatic rings. The van der Waals surface area contributed by atoms with E-state index in [0.29, 0.717) is 5.57 Å². The molecule has 1 nitrogen and oxygen atoms in total. The van der Waals surface area contributed by atoms with Crippen LogP contribution in [-0.4, -0.2) is 0 Å². The van der Waals surface area contributed by atoms with Gasteiger partial charge in [0.05, 0.1) is 11.1 Å². The molecule has 0 radical (unpaired) electrons. The average molecular weight is 483 g/mol. The van der Waals surface area contributed by atoms with E-state index >= 15 is 0 Å². The fourth-order valence-corrected chi connectivity index (χ4v) is 3.64. The summed E-state index contributed by atoms with van der Waals surface area (Å²) in [5, 5.41) is 0. The number of nitrogens with zero attached hydrogens (tertiary/aromatic N) is 1. The third-order valence-corrected chi connectivity index (χ3v) is 5.33. The Labute approximate surface area is 198 Å². The fourth-order valence-electron chi connectivity index (χ4n) is 3.64. The zero-order chi connectivity index (χ0) is 25.1. The average Bonchev–Trinajstić information content (AvgIpc) is 2.85. The molecular formula is C28H19F6N. The molecule has 4 aromatic carbocycles. The lowest BCUT2D eigenvalue weighted by Crippen LogP contribution is -2.14. The summed E-state index contributed by atoms with van der Waals surface area (Å²) in [5.41, 5.74) is 0.473. The van der Waals surface area contributed by atoms with Crippen LogP contribution in [0.3, 0.4) is 0 Å². The van der Waals surface area contributed by atoms with Crippen LogP contribution < -0.4 is 4.90 Å². The molecule has 35 heavy (non-hydrogen) atoms. The molecule has 4 aromatic rings. The predicted octanol–water partition coefficient (Wildman–Crippen LogP) is 8.95. The highest BCUT2D eigenvalue weighted by Gasteiger charge is 2.32. The zero-order valence-corrected chi connectivity index (χ0v) is 18.2. The first-order valence-corrected chi connectivity index (χ1v) is 10.6. The van der Waals surface area contributed by atoms with E-state index in [9.17, 15) is 26.3 Å². The van der Waals surface area contributed by atoms with E-state index in [1.165, 1.54) is 29.2 Å². The van der Waals surface area contributed by atoms with Gasteiger partial charge in [0.15, 0.2) is 0 Å². The molecule has 7 heteroatoms. The molecule has 0 heterocycles. The van der Waals surface area contributed by atoms with Crippen molar-refractivity contribution in [2.75, 3.05) is 4.90 Å². The third kappa shape index (κ3) is 5.74. The molecule has 0 aromatic heterocycles. The number of alkyl halides is 6. The molecule has 0 fully saturated rings. The van der Waals surface area contributed by atoms with Gasteiger partial charge in [-0.05, 0) is 47.5 Å². The van der Waals surface area contributed by atoms with Crippen molar-refractivity contribution in [3.05, 3.63) is 138 Å². The number of hydrogen-bond donors (Lipinski definition) is 0. The fraction of sp³-hybridized carbons (Fsp3) is 0.0714. The van der Waals surface area contributed by atoms with Gasteiger partial charge < -0.3 is 4.90 Å². The molecule has 178 valence electrons. The highest BCUT2D eigenvalue weighted by Crippen LogP contribution is 2.38. The molecule has 0 aliphatic heterocycles. The van der Waals surface area contributed by atoms with Crippen LogP contribution in [0.5, 0.6) is 0 Å². The Morgan fingerprint density at radius 2 is 0.914 bits per heavy atom. The normalized spacial score (nSPS) is 11.7. The Morgan fingerprint density at radius 1 is 0.514 bits per heavy atom. The lowest BCUT2D eigenvalue weighted by Gasteiger charge is -2.25. The number of halogens is 6. The molecule has 0 spiro atoms. The third-order valence-electron chi connectivity index (χ3n) is 5.33. The Morgan fingerprint density at radius 3 is 1.29 bits per heavy atom. The molecule has 0 saturated heterocycles. The first kappa shape index (κ1) is 24.1. The molecule has 0 unspecified atom stereocenters. The van der Waals surface area contributed by atoms with Crippen molar-refractivity contribution in [3.63, 3.8) is 0 Å². The van der Waals surface area contributed by atoms with Gasteiger partial charge in [0.2, 0.25) is 0 Å². The van der Waals surface area contributed by atoms with Gasteiger partial charge in [-0.2, -0.15) is 26.3 Å². The van der Waals surface area contributed by atoms with Crippen molar-refractivity contribution in [3.8, 4) is 0 Å². The van der Waals surface area contributed by atoms with Crippen LogP contribution in [0, 0.1) is 0 Å². The first-order valence-electron chi connectivity index (χ1n) is 10.6. The van der Waals surface area contributed by atoms with Gasteiger partial charge >= 0.3 is 12.4 Å². The van der Waals surface area contributed by atoms with E-state index in [2.05, 4.69) is 0 Å². The minimum atomic E-state index is -4.61. The summed E-state index contributed by atoms with van der Waals surface area (Å²) >= 11 is 0. The van der Waals surface area contributed by atoms with Crippen molar-refractivity contribution in [2.24, 2.45) is 0 Å². The monoisotopic (exact) mass is 483 g/mol. The smallest absolute Gasteiger partial charge is 0.317 e. The van der Waals surface area contributed by atoms with Crippen molar-refractivity contribution in [2.45, 2.75) is 12.4 Å². The van der Waals surface area contributed by atoms with Crippen LogP contribution in [0.15, 0.2) is 115 Å². The van der Waals surface area contributed by atoms with E-state index in [1.807, 2.05) is 60.7 Å². The number of hydrogen-bond acceptors (Lipinski definition) is 1. The van der Waals surface area contributed by atoms with Crippen molar-refractivity contribution in [1.29, 1.82) is 0 Å². The molecule has 0 N–H and O–H groups in total. The standard InChI is InChI=1S/C28H19F6N/c29-27(30,31)22-13-7-15-24(17-22)35(25-16-8-14-23(18-25)28(32,33)34)19-26(20-9-3-1-4-10-20)21-11-5-2-6-12-21/h1-19H. The first-order chi connectivity index (χ1) is 16.6. The van der Waals surface area contributed by atoms with Gasteiger partial charge in [0, 0.05) is 23.1 Å². The van der Waals surface area contributed by atoms with Crippen molar-refractivity contribution in [1.82, 2.24) is 0 Å². The maximum absolute atomic E-state index is 13.5. The quantitative estimate of drug-likeness (QED) is 0.256. The molecule has 4 rings (SSSR count). The van der Waals surface area contributed by atoms with Gasteiger partial charge in [-0.3, -0.25) is 0 Å². The van der Waals surface area contributed by atoms with Crippen LogP contribution in [0.25, 0.3) is 5.57 Å². The van der Waals surface area contributed by atoms with Crippen LogP contribution in [0.4, 0.5) is 37.7 Å². The van der Waals surface area contributed by atoms with E-state index < -0.39 is 23.5 Å². The predicted molar refractivity (Wildman–Crippen MR) is 125 cm³/mol. The molecular weight excluding hydrogens is 464 g/mol. The van der Waals surface area contributed by atoms with Gasteiger partial charge in [-0.25, -0.2) is 0 Å². The summed E-state index contributed by atoms with van der Waals surface area (Å²) in [6.07, 6.45) is -7.66. The van der Waals surface area contributed by atoms with Gasteiger partial charge in [0.25, 0.3) is 0 Å². The summed E-state index contributed by atoms with van der Waals surface area (Å²) in [4.78, 5) is 1.35. The summed E-state index contributed by atoms with van der Waals surface area (Å²) in [5.74, 6) is 0.